The number of hydrogen-bond acceptors (Lipinski definition) is 3. The average molecular weight is 345 g/mol. The molecule has 0 aliphatic carbocycles. The first-order chi connectivity index (χ1) is 8.93. The largest absolute Gasteiger partial charge is 0.478 e. The number of rotatable bonds is 3. The van der Waals surface area contributed by atoms with E-state index in [0.29, 0.717) is 15.2 Å². The smallest absolute Gasteiger partial charge is 0.339 e. The summed E-state index contributed by atoms with van der Waals surface area (Å²) in [7, 11) is 0. The summed E-state index contributed by atoms with van der Waals surface area (Å²) in [4.78, 5) is 22.4. The molecule has 0 unspecified atom stereocenters. The van der Waals surface area contributed by atoms with E-state index in [2.05, 4.69) is 21.0 Å². The summed E-state index contributed by atoms with van der Waals surface area (Å²) >= 11 is 9.32. The lowest BCUT2D eigenvalue weighted by Crippen LogP contribution is -2.20. The normalized spacial score (nSPS) is 10.4. The van der Waals surface area contributed by atoms with Crippen molar-refractivity contribution in [2.45, 2.75) is 0 Å². The summed E-state index contributed by atoms with van der Waals surface area (Å²) in [6, 6.07) is 4.98. The molecule has 0 fully saturated rings. The van der Waals surface area contributed by atoms with Gasteiger partial charge in [-0.15, -0.1) is 0 Å². The highest BCUT2D eigenvalue weighted by atomic mass is 79.9. The first-order valence-electron chi connectivity index (χ1n) is 4.99. The van der Waals surface area contributed by atoms with Crippen LogP contribution in [0.1, 0.15) is 20.8 Å². The lowest BCUT2D eigenvalue weighted by Gasteiger charge is -2.08. The topological polar surface area (TPSA) is 98.2 Å². The highest BCUT2D eigenvalue weighted by molar-refractivity contribution is 9.10. The Labute approximate surface area is 120 Å². The Morgan fingerprint density at radius 1 is 1.42 bits per heavy atom. The Hall–Kier alpha value is -1.86. The van der Waals surface area contributed by atoms with Crippen molar-refractivity contribution in [3.8, 4) is 5.69 Å². The van der Waals surface area contributed by atoms with Gasteiger partial charge in [0.05, 0.1) is 16.9 Å². The summed E-state index contributed by atoms with van der Waals surface area (Å²) in [5.41, 5.74) is 5.06. The number of carbonyl (C=O) groups excluding carboxylic acids is 1. The van der Waals surface area contributed by atoms with Gasteiger partial charge in [-0.05, 0) is 28.1 Å². The molecule has 2 rings (SSSR count). The molecule has 6 nitrogen and oxygen atoms in total. The summed E-state index contributed by atoms with van der Waals surface area (Å²) in [6.45, 7) is 0. The molecule has 0 atom stereocenters. The summed E-state index contributed by atoms with van der Waals surface area (Å²) in [5.74, 6) is -2.18. The number of halogens is 2. The van der Waals surface area contributed by atoms with Crippen LogP contribution in [0.15, 0.2) is 28.9 Å². The minimum atomic E-state index is -1.29. The molecule has 2 aromatic rings. The second kappa shape index (κ2) is 5.02. The number of hydrogen-bond donors (Lipinski definition) is 2. The van der Waals surface area contributed by atoms with E-state index in [1.54, 1.807) is 18.2 Å². The third-order valence-corrected chi connectivity index (χ3v) is 3.68. The van der Waals surface area contributed by atoms with Crippen molar-refractivity contribution in [2.75, 3.05) is 0 Å². The number of carboxylic acids is 1. The van der Waals surface area contributed by atoms with Crippen LogP contribution in [-0.4, -0.2) is 26.8 Å². The number of nitrogens with two attached hydrogens (primary N) is 1. The average Bonchev–Trinajstić information content (AvgIpc) is 2.77. The molecule has 8 heteroatoms. The van der Waals surface area contributed by atoms with Crippen LogP contribution in [-0.2, 0) is 0 Å². The third-order valence-electron chi connectivity index (χ3n) is 2.39. The summed E-state index contributed by atoms with van der Waals surface area (Å²) < 4.78 is 1.70. The molecule has 0 bridgehead atoms. The zero-order chi connectivity index (χ0) is 14.2. The van der Waals surface area contributed by atoms with Crippen molar-refractivity contribution >= 4 is 39.4 Å². The summed E-state index contributed by atoms with van der Waals surface area (Å²) in [6.07, 6.45) is 1.06. The van der Waals surface area contributed by atoms with E-state index in [-0.39, 0.29) is 11.3 Å². The molecule has 0 saturated heterocycles. The van der Waals surface area contributed by atoms with Crippen molar-refractivity contribution in [3.05, 3.63) is 45.1 Å². The van der Waals surface area contributed by atoms with Crippen LogP contribution in [0.3, 0.4) is 0 Å². The van der Waals surface area contributed by atoms with Crippen LogP contribution < -0.4 is 5.73 Å². The van der Waals surface area contributed by atoms with Crippen molar-refractivity contribution < 1.29 is 14.7 Å². The number of carbonyl (C=O) groups is 2. The Kier molecular flexibility index (Phi) is 3.59. The molecule has 1 amide bonds. The van der Waals surface area contributed by atoms with E-state index >= 15 is 0 Å². The van der Waals surface area contributed by atoms with Gasteiger partial charge in [0.15, 0.2) is 0 Å². The molecule has 0 aliphatic rings. The van der Waals surface area contributed by atoms with Gasteiger partial charge in [0, 0.05) is 4.47 Å². The zero-order valence-corrected chi connectivity index (χ0v) is 11.6. The van der Waals surface area contributed by atoms with E-state index < -0.39 is 11.9 Å². The van der Waals surface area contributed by atoms with Crippen LogP contribution in [0.25, 0.3) is 5.69 Å². The third kappa shape index (κ3) is 2.34. The Morgan fingerprint density at radius 3 is 2.68 bits per heavy atom. The Bertz CT molecular complexity index is 684. The van der Waals surface area contributed by atoms with Crippen molar-refractivity contribution in [3.63, 3.8) is 0 Å². The fraction of sp³-hybridized carbons (Fsp3) is 0. The van der Waals surface area contributed by atoms with Crippen molar-refractivity contribution in [1.82, 2.24) is 9.78 Å². The van der Waals surface area contributed by atoms with E-state index in [0.717, 1.165) is 10.9 Å². The highest BCUT2D eigenvalue weighted by Gasteiger charge is 2.23. The number of aromatic carboxylic acids is 1. The number of amides is 1. The molecule has 0 saturated carbocycles. The van der Waals surface area contributed by atoms with Gasteiger partial charge in [-0.2, -0.15) is 5.10 Å². The first kappa shape index (κ1) is 13.6. The summed E-state index contributed by atoms with van der Waals surface area (Å²) in [5, 5.41) is 13.2. The van der Waals surface area contributed by atoms with Crippen molar-refractivity contribution in [2.24, 2.45) is 5.73 Å². The van der Waals surface area contributed by atoms with E-state index in [1.165, 1.54) is 0 Å². The predicted molar refractivity (Wildman–Crippen MR) is 71.8 cm³/mol. The van der Waals surface area contributed by atoms with Gasteiger partial charge in [-0.1, -0.05) is 17.7 Å². The molecular weight excluding hydrogens is 337 g/mol. The van der Waals surface area contributed by atoms with Crippen molar-refractivity contribution in [1.29, 1.82) is 0 Å². The van der Waals surface area contributed by atoms with E-state index in [4.69, 9.17) is 22.4 Å². The molecule has 98 valence electrons. The fourth-order valence-electron chi connectivity index (χ4n) is 1.58. The zero-order valence-electron chi connectivity index (χ0n) is 9.30. The number of carboxylic acid groups (broad SMARTS) is 1. The lowest BCUT2D eigenvalue weighted by atomic mass is 10.2. The number of primary amides is 1. The minimum absolute atomic E-state index is 0.229. The molecule has 0 spiro atoms. The number of benzene rings is 1. The van der Waals surface area contributed by atoms with Crippen LogP contribution in [0.2, 0.25) is 5.02 Å². The molecule has 19 heavy (non-hydrogen) atoms. The van der Waals surface area contributed by atoms with Gasteiger partial charge in [-0.3, -0.25) is 4.79 Å². The molecule has 3 N–H and O–H groups in total. The van der Waals surface area contributed by atoms with Gasteiger partial charge in [0.25, 0.3) is 5.91 Å². The molecular formula is C11H7BrClN3O3. The fourth-order valence-corrected chi connectivity index (χ4v) is 2.14. The van der Waals surface area contributed by atoms with E-state index in [9.17, 15) is 9.59 Å². The minimum Gasteiger partial charge on any atom is -0.478 e. The highest BCUT2D eigenvalue weighted by Crippen LogP contribution is 2.29. The SMILES string of the molecule is NC(=O)c1c(C(=O)O)cnn1-c1cccc(Br)c1Cl. The Balaban J connectivity index is 2.73. The van der Waals surface area contributed by atoms with Gasteiger partial charge in [0.2, 0.25) is 0 Å². The molecule has 1 aromatic heterocycles. The molecule has 0 radical (unpaired) electrons. The van der Waals surface area contributed by atoms with Crippen LogP contribution in [0.4, 0.5) is 0 Å². The van der Waals surface area contributed by atoms with Gasteiger partial charge in [-0.25, -0.2) is 9.48 Å². The molecule has 1 heterocycles. The number of aromatic nitrogens is 2. The first-order valence-corrected chi connectivity index (χ1v) is 6.16. The number of nitrogens with zero attached hydrogens (tertiary/aromatic N) is 2. The molecule has 1 aromatic carbocycles. The quantitative estimate of drug-likeness (QED) is 0.890. The maximum absolute atomic E-state index is 11.4. The predicted octanol–water partition coefficient (Wildman–Crippen LogP) is 2.09. The Morgan fingerprint density at radius 2 is 2.11 bits per heavy atom. The van der Waals surface area contributed by atoms with Gasteiger partial charge < -0.3 is 10.8 Å². The van der Waals surface area contributed by atoms with Gasteiger partial charge in [0.1, 0.15) is 11.3 Å². The molecule has 0 aliphatic heterocycles. The standard InChI is InChI=1S/C11H7BrClN3O3/c12-6-2-1-3-7(8(6)13)16-9(10(14)17)5(4-15-16)11(18)19/h1-4H,(H2,14,17)(H,18,19). The van der Waals surface area contributed by atoms with Crippen LogP contribution >= 0.6 is 27.5 Å². The maximum atomic E-state index is 11.4. The lowest BCUT2D eigenvalue weighted by molar-refractivity contribution is 0.0692. The van der Waals surface area contributed by atoms with Gasteiger partial charge >= 0.3 is 5.97 Å². The second-order valence-corrected chi connectivity index (χ2v) is 4.79. The van der Waals surface area contributed by atoms with Crippen LogP contribution in [0.5, 0.6) is 0 Å². The van der Waals surface area contributed by atoms with Crippen LogP contribution in [0, 0.1) is 0 Å². The maximum Gasteiger partial charge on any atom is 0.339 e. The second-order valence-electron chi connectivity index (χ2n) is 3.56. The van der Waals surface area contributed by atoms with E-state index in [1.807, 2.05) is 0 Å². The monoisotopic (exact) mass is 343 g/mol.